The SMILES string of the molecule is O=C(Cc1ncn(-c2ccc(F)cc2F)n1)c1ccccc1. The van der Waals surface area contributed by atoms with Crippen molar-refractivity contribution in [2.45, 2.75) is 6.42 Å². The lowest BCUT2D eigenvalue weighted by Gasteiger charge is -2.01. The van der Waals surface area contributed by atoms with Crippen molar-refractivity contribution in [1.29, 1.82) is 0 Å². The Bertz CT molecular complexity index is 815. The fourth-order valence-electron chi connectivity index (χ4n) is 2.03. The van der Waals surface area contributed by atoms with Crippen LogP contribution in [0.15, 0.2) is 54.9 Å². The Kier molecular flexibility index (Phi) is 3.74. The monoisotopic (exact) mass is 299 g/mol. The van der Waals surface area contributed by atoms with Gasteiger partial charge in [-0.15, -0.1) is 0 Å². The molecule has 0 aliphatic carbocycles. The first-order valence-electron chi connectivity index (χ1n) is 6.58. The van der Waals surface area contributed by atoms with Crippen LogP contribution in [0.3, 0.4) is 0 Å². The molecule has 0 spiro atoms. The van der Waals surface area contributed by atoms with Crippen molar-refractivity contribution in [3.05, 3.63) is 77.9 Å². The van der Waals surface area contributed by atoms with Gasteiger partial charge in [0.2, 0.25) is 0 Å². The van der Waals surface area contributed by atoms with Crippen LogP contribution in [0.1, 0.15) is 16.2 Å². The molecule has 6 heteroatoms. The largest absolute Gasteiger partial charge is 0.294 e. The van der Waals surface area contributed by atoms with E-state index in [0.29, 0.717) is 5.56 Å². The summed E-state index contributed by atoms with van der Waals surface area (Å²) in [6, 6.07) is 11.9. The van der Waals surface area contributed by atoms with Crippen LogP contribution >= 0.6 is 0 Å². The summed E-state index contributed by atoms with van der Waals surface area (Å²) in [7, 11) is 0. The van der Waals surface area contributed by atoms with Crippen molar-refractivity contribution < 1.29 is 13.6 Å². The third-order valence-corrected chi connectivity index (χ3v) is 3.11. The number of Topliss-reactive ketones (excluding diaryl/α,β-unsaturated/α-hetero) is 1. The topological polar surface area (TPSA) is 47.8 Å². The maximum Gasteiger partial charge on any atom is 0.170 e. The quantitative estimate of drug-likeness (QED) is 0.696. The maximum atomic E-state index is 13.7. The number of rotatable bonds is 4. The predicted octanol–water partition coefficient (Wildman–Crippen LogP) is 2.97. The highest BCUT2D eigenvalue weighted by molar-refractivity contribution is 5.97. The summed E-state index contributed by atoms with van der Waals surface area (Å²) in [5.41, 5.74) is 0.638. The first-order chi connectivity index (χ1) is 10.6. The first-order valence-corrected chi connectivity index (χ1v) is 6.58. The average Bonchev–Trinajstić information content (AvgIpc) is 2.96. The van der Waals surface area contributed by atoms with Gasteiger partial charge in [0.25, 0.3) is 0 Å². The van der Waals surface area contributed by atoms with E-state index in [1.807, 2.05) is 6.07 Å². The lowest BCUT2D eigenvalue weighted by Crippen LogP contribution is -2.06. The number of carbonyl (C=O) groups is 1. The van der Waals surface area contributed by atoms with Gasteiger partial charge in [-0.25, -0.2) is 18.4 Å². The molecule has 0 radical (unpaired) electrons. The van der Waals surface area contributed by atoms with Gasteiger partial charge in [-0.2, -0.15) is 5.10 Å². The predicted molar refractivity (Wildman–Crippen MR) is 75.8 cm³/mol. The minimum Gasteiger partial charge on any atom is -0.294 e. The van der Waals surface area contributed by atoms with Crippen LogP contribution in [0.5, 0.6) is 0 Å². The molecule has 0 saturated carbocycles. The van der Waals surface area contributed by atoms with Gasteiger partial charge < -0.3 is 0 Å². The normalized spacial score (nSPS) is 10.6. The van der Waals surface area contributed by atoms with Crippen LogP contribution in [0.2, 0.25) is 0 Å². The van der Waals surface area contributed by atoms with Crippen molar-refractivity contribution in [2.75, 3.05) is 0 Å². The van der Waals surface area contributed by atoms with Crippen LogP contribution < -0.4 is 0 Å². The van der Waals surface area contributed by atoms with Gasteiger partial charge in [-0.3, -0.25) is 4.79 Å². The molecule has 1 aromatic heterocycles. The van der Waals surface area contributed by atoms with E-state index < -0.39 is 11.6 Å². The van der Waals surface area contributed by atoms with Crippen molar-refractivity contribution in [2.24, 2.45) is 0 Å². The third-order valence-electron chi connectivity index (χ3n) is 3.11. The van der Waals surface area contributed by atoms with Crippen LogP contribution in [0.4, 0.5) is 8.78 Å². The van der Waals surface area contributed by atoms with Crippen LogP contribution in [0.25, 0.3) is 5.69 Å². The summed E-state index contributed by atoms with van der Waals surface area (Å²) in [6.45, 7) is 0. The zero-order chi connectivity index (χ0) is 15.5. The summed E-state index contributed by atoms with van der Waals surface area (Å²) in [6.07, 6.45) is 1.31. The molecule has 0 bridgehead atoms. The zero-order valence-corrected chi connectivity index (χ0v) is 11.4. The molecule has 3 aromatic rings. The fraction of sp³-hybridized carbons (Fsp3) is 0.0625. The average molecular weight is 299 g/mol. The molecule has 1 heterocycles. The number of carbonyl (C=O) groups excluding carboxylic acids is 1. The minimum atomic E-state index is -0.745. The molecule has 22 heavy (non-hydrogen) atoms. The van der Waals surface area contributed by atoms with Crippen molar-refractivity contribution in [3.8, 4) is 5.69 Å². The lowest BCUT2D eigenvalue weighted by molar-refractivity contribution is 0.0991. The number of hydrogen-bond acceptors (Lipinski definition) is 3. The summed E-state index contributed by atoms with van der Waals surface area (Å²) >= 11 is 0. The number of halogens is 2. The Morgan fingerprint density at radius 2 is 1.86 bits per heavy atom. The second-order valence-corrected chi connectivity index (χ2v) is 4.67. The van der Waals surface area contributed by atoms with Gasteiger partial charge >= 0.3 is 0 Å². The van der Waals surface area contributed by atoms with Crippen LogP contribution in [-0.4, -0.2) is 20.5 Å². The lowest BCUT2D eigenvalue weighted by atomic mass is 10.1. The number of ketones is 1. The van der Waals surface area contributed by atoms with E-state index in [4.69, 9.17) is 0 Å². The fourth-order valence-corrected chi connectivity index (χ4v) is 2.03. The van der Waals surface area contributed by atoms with Gasteiger partial charge in [0.05, 0.1) is 6.42 Å². The molecule has 3 rings (SSSR count). The summed E-state index contributed by atoms with van der Waals surface area (Å²) in [5, 5.41) is 4.06. The Hall–Kier alpha value is -2.89. The van der Waals surface area contributed by atoms with E-state index in [9.17, 15) is 13.6 Å². The molecule has 110 valence electrons. The number of nitrogens with zero attached hydrogens (tertiary/aromatic N) is 3. The Labute approximate surface area is 125 Å². The highest BCUT2D eigenvalue weighted by atomic mass is 19.1. The minimum absolute atomic E-state index is 0.0137. The van der Waals surface area contributed by atoms with E-state index in [-0.39, 0.29) is 23.7 Å². The molecule has 0 amide bonds. The number of hydrogen-bond donors (Lipinski definition) is 0. The molecule has 0 N–H and O–H groups in total. The third kappa shape index (κ3) is 2.90. The van der Waals surface area contributed by atoms with Gasteiger partial charge in [-0.05, 0) is 12.1 Å². The van der Waals surface area contributed by atoms with Crippen LogP contribution in [-0.2, 0) is 6.42 Å². The van der Waals surface area contributed by atoms with Gasteiger partial charge in [0.15, 0.2) is 17.4 Å². The van der Waals surface area contributed by atoms with E-state index in [1.54, 1.807) is 24.3 Å². The van der Waals surface area contributed by atoms with Crippen molar-refractivity contribution in [3.63, 3.8) is 0 Å². The second kappa shape index (κ2) is 5.85. The maximum absolute atomic E-state index is 13.7. The van der Waals surface area contributed by atoms with E-state index in [0.717, 1.165) is 12.1 Å². The molecule has 0 aliphatic rings. The highest BCUT2D eigenvalue weighted by Crippen LogP contribution is 2.14. The Balaban J connectivity index is 1.81. The molecule has 0 aliphatic heterocycles. The van der Waals surface area contributed by atoms with E-state index in [2.05, 4.69) is 10.1 Å². The number of aromatic nitrogens is 3. The van der Waals surface area contributed by atoms with Gasteiger partial charge in [0.1, 0.15) is 17.8 Å². The Morgan fingerprint density at radius 1 is 1.09 bits per heavy atom. The molecule has 2 aromatic carbocycles. The second-order valence-electron chi connectivity index (χ2n) is 4.67. The molecule has 4 nitrogen and oxygen atoms in total. The summed E-state index contributed by atoms with van der Waals surface area (Å²) in [5.74, 6) is -1.26. The molecular weight excluding hydrogens is 288 g/mol. The summed E-state index contributed by atoms with van der Waals surface area (Å²) < 4.78 is 27.8. The zero-order valence-electron chi connectivity index (χ0n) is 11.4. The number of benzene rings is 2. The van der Waals surface area contributed by atoms with Gasteiger partial charge in [-0.1, -0.05) is 30.3 Å². The molecule has 0 atom stereocenters. The Morgan fingerprint density at radius 3 is 2.59 bits per heavy atom. The highest BCUT2D eigenvalue weighted by Gasteiger charge is 2.12. The molecular formula is C16H11F2N3O. The van der Waals surface area contributed by atoms with Crippen LogP contribution in [0, 0.1) is 11.6 Å². The van der Waals surface area contributed by atoms with Gasteiger partial charge in [0, 0.05) is 11.6 Å². The standard InChI is InChI=1S/C16H11F2N3O/c17-12-6-7-14(13(18)8-12)21-10-19-16(20-21)9-15(22)11-4-2-1-3-5-11/h1-8,10H,9H2. The van der Waals surface area contributed by atoms with E-state index in [1.165, 1.54) is 17.1 Å². The van der Waals surface area contributed by atoms with Crippen molar-refractivity contribution >= 4 is 5.78 Å². The molecule has 0 saturated heterocycles. The first kappa shape index (κ1) is 14.1. The van der Waals surface area contributed by atoms with E-state index >= 15 is 0 Å². The molecule has 0 fully saturated rings. The smallest absolute Gasteiger partial charge is 0.170 e. The summed E-state index contributed by atoms with van der Waals surface area (Å²) in [4.78, 5) is 16.1. The van der Waals surface area contributed by atoms with Crippen molar-refractivity contribution in [1.82, 2.24) is 14.8 Å². The molecule has 0 unspecified atom stereocenters.